The molecule has 1 aliphatic heterocycles. The summed E-state index contributed by atoms with van der Waals surface area (Å²) in [6, 6.07) is 66.4. The summed E-state index contributed by atoms with van der Waals surface area (Å²) in [5, 5.41) is 13.2. The maximum Gasteiger partial charge on any atom is 0.159 e. The number of fused-ring (bicyclic) bond motifs is 7. The lowest BCUT2D eigenvalue weighted by Crippen LogP contribution is -2.33. The van der Waals surface area contributed by atoms with E-state index in [-0.39, 0.29) is 6.17 Å². The van der Waals surface area contributed by atoms with Crippen LogP contribution in [0.1, 0.15) is 22.9 Å². The molecule has 0 bridgehead atoms. The normalized spacial score (nSPS) is 14.4. The van der Waals surface area contributed by atoms with Crippen molar-refractivity contribution in [2.24, 2.45) is 9.98 Å². The Labute approximate surface area is 317 Å². The molecule has 0 saturated heterocycles. The van der Waals surface area contributed by atoms with E-state index in [1.54, 1.807) is 0 Å². The second kappa shape index (κ2) is 12.7. The quantitative estimate of drug-likeness (QED) is 0.181. The zero-order valence-electron chi connectivity index (χ0n) is 29.8. The van der Waals surface area contributed by atoms with Crippen molar-refractivity contribution >= 4 is 65.9 Å². The van der Waals surface area contributed by atoms with Gasteiger partial charge < -0.3 is 9.73 Å². The molecule has 4 heteroatoms. The Morgan fingerprint density at radius 3 is 2.02 bits per heavy atom. The first kappa shape index (κ1) is 31.2. The smallest absolute Gasteiger partial charge is 0.159 e. The summed E-state index contributed by atoms with van der Waals surface area (Å²) < 4.78 is 6.54. The fourth-order valence-corrected chi connectivity index (χ4v) is 8.13. The molecule has 1 unspecified atom stereocenters. The van der Waals surface area contributed by atoms with Crippen molar-refractivity contribution in [3.05, 3.63) is 205 Å². The van der Waals surface area contributed by atoms with Gasteiger partial charge in [0, 0.05) is 21.9 Å². The fourth-order valence-electron chi connectivity index (χ4n) is 8.13. The molecule has 10 aromatic rings. The molecular formula is C51H33N3O. The van der Waals surface area contributed by atoms with Gasteiger partial charge in [-0.15, -0.1) is 0 Å². The Hall–Kier alpha value is -7.30. The van der Waals surface area contributed by atoms with E-state index in [1.807, 2.05) is 6.07 Å². The van der Waals surface area contributed by atoms with Crippen LogP contribution in [-0.2, 0) is 0 Å². The van der Waals surface area contributed by atoms with Gasteiger partial charge in [0.25, 0.3) is 0 Å². The minimum atomic E-state index is -0.294. The van der Waals surface area contributed by atoms with Crippen molar-refractivity contribution < 1.29 is 4.42 Å². The molecule has 0 radical (unpaired) electrons. The van der Waals surface area contributed by atoms with Gasteiger partial charge in [-0.3, -0.25) is 0 Å². The zero-order chi connectivity index (χ0) is 36.3. The number of amidine groups is 2. The van der Waals surface area contributed by atoms with E-state index in [9.17, 15) is 0 Å². The molecule has 11 rings (SSSR count). The van der Waals surface area contributed by atoms with Crippen LogP contribution in [-0.4, -0.2) is 11.7 Å². The lowest BCUT2D eigenvalue weighted by atomic mass is 9.96. The van der Waals surface area contributed by atoms with Crippen molar-refractivity contribution in [2.45, 2.75) is 6.17 Å². The standard InChI is InChI=1S/C51H33N3O/c1-2-12-34(13-3-1)49-52-50(54-51(53-49)41-25-26-43-39(30-41)23-21-33-11-6-7-17-42(33)43)40-16-8-15-38(29-40)44-18-9-19-46-48(44)45-27-24-37(31-47(45)55-46)36-22-20-32-10-4-5-14-35(32)28-36/h1-31,49H,(H,52,53,54). The Morgan fingerprint density at radius 1 is 0.418 bits per heavy atom. The van der Waals surface area contributed by atoms with Crippen LogP contribution in [0.25, 0.3) is 76.5 Å². The first-order chi connectivity index (χ1) is 27.2. The molecule has 9 aromatic carbocycles. The molecular weight excluding hydrogens is 671 g/mol. The van der Waals surface area contributed by atoms with Gasteiger partial charge in [-0.2, -0.15) is 0 Å². The van der Waals surface area contributed by atoms with Crippen molar-refractivity contribution in [1.29, 1.82) is 0 Å². The Kier molecular flexibility index (Phi) is 7.20. The highest BCUT2D eigenvalue weighted by molar-refractivity contribution is 6.17. The van der Waals surface area contributed by atoms with E-state index in [2.05, 4.69) is 187 Å². The molecule has 4 nitrogen and oxygen atoms in total. The molecule has 55 heavy (non-hydrogen) atoms. The molecule has 0 fully saturated rings. The summed E-state index contributed by atoms with van der Waals surface area (Å²) in [7, 11) is 0. The maximum absolute atomic E-state index is 6.54. The highest BCUT2D eigenvalue weighted by Crippen LogP contribution is 2.39. The van der Waals surface area contributed by atoms with Gasteiger partial charge in [0.1, 0.15) is 23.2 Å². The van der Waals surface area contributed by atoms with Gasteiger partial charge in [0.2, 0.25) is 0 Å². The van der Waals surface area contributed by atoms with E-state index >= 15 is 0 Å². The fraction of sp³-hybridized carbons (Fsp3) is 0.0196. The largest absolute Gasteiger partial charge is 0.456 e. The number of benzene rings is 9. The van der Waals surface area contributed by atoms with Crippen molar-refractivity contribution in [2.75, 3.05) is 0 Å². The minimum Gasteiger partial charge on any atom is -0.456 e. The summed E-state index contributed by atoms with van der Waals surface area (Å²) in [6.07, 6.45) is -0.294. The van der Waals surface area contributed by atoms with E-state index in [0.29, 0.717) is 5.84 Å². The van der Waals surface area contributed by atoms with Crippen LogP contribution in [0.2, 0.25) is 0 Å². The third-order valence-corrected chi connectivity index (χ3v) is 10.9. The number of nitrogens with one attached hydrogen (secondary N) is 1. The van der Waals surface area contributed by atoms with Crippen LogP contribution in [0, 0.1) is 0 Å². The first-order valence-electron chi connectivity index (χ1n) is 18.7. The van der Waals surface area contributed by atoms with Crippen LogP contribution in [0.4, 0.5) is 0 Å². The van der Waals surface area contributed by atoms with Gasteiger partial charge in [0.05, 0.1) is 0 Å². The Bertz CT molecular complexity index is 3190. The highest BCUT2D eigenvalue weighted by Gasteiger charge is 2.22. The predicted molar refractivity (Wildman–Crippen MR) is 229 cm³/mol. The van der Waals surface area contributed by atoms with E-state index in [1.165, 1.54) is 32.5 Å². The van der Waals surface area contributed by atoms with Crippen LogP contribution < -0.4 is 5.32 Å². The van der Waals surface area contributed by atoms with Crippen LogP contribution in [0.3, 0.4) is 0 Å². The van der Waals surface area contributed by atoms with Gasteiger partial charge in [-0.25, -0.2) is 9.98 Å². The van der Waals surface area contributed by atoms with Crippen LogP contribution >= 0.6 is 0 Å². The number of hydrogen-bond acceptors (Lipinski definition) is 4. The van der Waals surface area contributed by atoms with Crippen molar-refractivity contribution in [1.82, 2.24) is 5.32 Å². The monoisotopic (exact) mass is 703 g/mol. The molecule has 1 atom stereocenters. The summed E-state index contributed by atoms with van der Waals surface area (Å²) in [6.45, 7) is 0. The molecule has 2 heterocycles. The highest BCUT2D eigenvalue weighted by atomic mass is 16.3. The van der Waals surface area contributed by atoms with E-state index in [0.717, 1.165) is 66.5 Å². The average Bonchev–Trinajstić information content (AvgIpc) is 3.64. The minimum absolute atomic E-state index is 0.294. The zero-order valence-corrected chi connectivity index (χ0v) is 29.8. The Balaban J connectivity index is 0.995. The third kappa shape index (κ3) is 5.46. The third-order valence-electron chi connectivity index (χ3n) is 10.9. The van der Waals surface area contributed by atoms with Gasteiger partial charge in [-0.1, -0.05) is 152 Å². The molecule has 1 aromatic heterocycles. The lowest BCUT2D eigenvalue weighted by molar-refractivity contribution is 0.669. The maximum atomic E-state index is 6.54. The Morgan fingerprint density at radius 2 is 1.09 bits per heavy atom. The molecule has 0 aliphatic carbocycles. The molecule has 1 aliphatic rings. The second-order valence-corrected chi connectivity index (χ2v) is 14.2. The number of nitrogens with zero attached hydrogens (tertiary/aromatic N) is 2. The molecule has 1 N–H and O–H groups in total. The SMILES string of the molecule is c1ccc(C2N=C(c3ccc4c(ccc5ccccc54)c3)N=C(c3cccc(-c4cccc5oc6cc(-c7ccc8ccccc8c7)ccc6c45)c3)N2)cc1. The molecule has 0 saturated carbocycles. The second-order valence-electron chi connectivity index (χ2n) is 14.2. The van der Waals surface area contributed by atoms with Crippen molar-refractivity contribution in [3.8, 4) is 22.3 Å². The number of furan rings is 1. The molecule has 0 amide bonds. The van der Waals surface area contributed by atoms with Gasteiger partial charge in [-0.05, 0) is 96.5 Å². The molecule has 0 spiro atoms. The summed E-state index contributed by atoms with van der Waals surface area (Å²) in [5.74, 6) is 1.48. The topological polar surface area (TPSA) is 49.9 Å². The van der Waals surface area contributed by atoms with Gasteiger partial charge >= 0.3 is 0 Å². The molecule has 258 valence electrons. The number of rotatable bonds is 5. The van der Waals surface area contributed by atoms with E-state index in [4.69, 9.17) is 14.4 Å². The van der Waals surface area contributed by atoms with Gasteiger partial charge in [0.15, 0.2) is 5.84 Å². The number of hydrogen-bond donors (Lipinski definition) is 1. The van der Waals surface area contributed by atoms with E-state index < -0.39 is 0 Å². The van der Waals surface area contributed by atoms with Crippen LogP contribution in [0.5, 0.6) is 0 Å². The predicted octanol–water partition coefficient (Wildman–Crippen LogP) is 12.9. The average molecular weight is 704 g/mol. The summed E-state index contributed by atoms with van der Waals surface area (Å²) >= 11 is 0. The van der Waals surface area contributed by atoms with Crippen LogP contribution in [0.15, 0.2) is 202 Å². The summed E-state index contributed by atoms with van der Waals surface area (Å²) in [4.78, 5) is 10.4. The van der Waals surface area contributed by atoms with Crippen molar-refractivity contribution in [3.63, 3.8) is 0 Å². The first-order valence-corrected chi connectivity index (χ1v) is 18.7. The lowest BCUT2D eigenvalue weighted by Gasteiger charge is -2.24. The number of aliphatic imine (C=N–C) groups is 2. The summed E-state index contributed by atoms with van der Waals surface area (Å²) in [5.41, 5.74) is 9.29.